The molecule has 0 saturated carbocycles. The number of nitrogens with zero attached hydrogens (tertiary/aromatic N) is 2. The lowest BCUT2D eigenvalue weighted by Gasteiger charge is -2.04. The number of aryl methyl sites for hydroxylation is 1. The van der Waals surface area contributed by atoms with Crippen LogP contribution in [-0.4, -0.2) is 9.55 Å². The van der Waals surface area contributed by atoms with Crippen LogP contribution in [-0.2, 0) is 13.2 Å². The summed E-state index contributed by atoms with van der Waals surface area (Å²) in [5.74, 6) is -0.356. The largest absolute Gasteiger partial charge is 0.434 e. The number of imidazole rings is 1. The molecule has 0 N–H and O–H groups in total. The molecule has 2 aromatic rings. The molecule has 2 nitrogen and oxygen atoms in total. The van der Waals surface area contributed by atoms with Gasteiger partial charge in [-0.1, -0.05) is 0 Å². The summed E-state index contributed by atoms with van der Waals surface area (Å²) in [5, 5.41) is 0. The zero-order valence-corrected chi connectivity index (χ0v) is 10.7. The molecule has 96 valence electrons. The van der Waals surface area contributed by atoms with Crippen LogP contribution >= 0.6 is 15.9 Å². The fourth-order valence-electron chi connectivity index (χ4n) is 1.52. The lowest BCUT2D eigenvalue weighted by Crippen LogP contribution is -2.04. The van der Waals surface area contributed by atoms with Crippen LogP contribution in [0.25, 0.3) is 11.4 Å². The van der Waals surface area contributed by atoms with Crippen LogP contribution in [0.2, 0.25) is 0 Å². The highest BCUT2D eigenvalue weighted by Gasteiger charge is 2.34. The van der Waals surface area contributed by atoms with Gasteiger partial charge in [0.2, 0.25) is 0 Å². The van der Waals surface area contributed by atoms with Gasteiger partial charge in [0.25, 0.3) is 0 Å². The molecule has 0 unspecified atom stereocenters. The zero-order valence-electron chi connectivity index (χ0n) is 9.09. The number of hydrogen-bond acceptors (Lipinski definition) is 1. The van der Waals surface area contributed by atoms with Crippen molar-refractivity contribution < 1.29 is 17.6 Å². The van der Waals surface area contributed by atoms with E-state index >= 15 is 0 Å². The minimum atomic E-state index is -4.50. The maximum Gasteiger partial charge on any atom is 0.434 e. The highest BCUT2D eigenvalue weighted by molar-refractivity contribution is 9.10. The van der Waals surface area contributed by atoms with E-state index in [-0.39, 0.29) is 5.82 Å². The molecule has 0 spiro atoms. The Balaban J connectivity index is 2.55. The second-order valence-electron chi connectivity index (χ2n) is 3.68. The molecular weight excluding hydrogens is 316 g/mol. The first-order valence-electron chi connectivity index (χ1n) is 4.85. The predicted molar refractivity (Wildman–Crippen MR) is 61.3 cm³/mol. The van der Waals surface area contributed by atoms with Gasteiger partial charge in [-0.15, -0.1) is 0 Å². The van der Waals surface area contributed by atoms with E-state index in [1.807, 2.05) is 0 Å². The summed E-state index contributed by atoms with van der Waals surface area (Å²) in [4.78, 5) is 3.53. The number of alkyl halides is 3. The van der Waals surface area contributed by atoms with Gasteiger partial charge in [-0.25, -0.2) is 9.37 Å². The molecule has 7 heteroatoms. The van der Waals surface area contributed by atoms with Gasteiger partial charge in [0.15, 0.2) is 5.69 Å². The molecule has 0 aliphatic carbocycles. The maximum atomic E-state index is 12.9. The third-order valence-electron chi connectivity index (χ3n) is 2.34. The Labute approximate surface area is 108 Å². The molecule has 0 fully saturated rings. The van der Waals surface area contributed by atoms with Crippen molar-refractivity contribution >= 4 is 15.9 Å². The molecule has 0 aliphatic heterocycles. The summed E-state index contributed by atoms with van der Waals surface area (Å²) in [5.41, 5.74) is -0.578. The van der Waals surface area contributed by atoms with Crippen LogP contribution in [0.3, 0.4) is 0 Å². The van der Waals surface area contributed by atoms with Crippen LogP contribution in [0.1, 0.15) is 5.69 Å². The number of hydrogen-bond donors (Lipinski definition) is 0. The SMILES string of the molecule is Cn1cc(C(F)(F)F)nc1-c1ccc(F)cc1Br. The fourth-order valence-corrected chi connectivity index (χ4v) is 2.05. The third kappa shape index (κ3) is 2.40. The molecule has 0 bridgehead atoms. The van der Waals surface area contributed by atoms with Gasteiger partial charge >= 0.3 is 6.18 Å². The Kier molecular flexibility index (Phi) is 3.18. The molecule has 1 aromatic carbocycles. The lowest BCUT2D eigenvalue weighted by molar-refractivity contribution is -0.140. The average molecular weight is 323 g/mol. The highest BCUT2D eigenvalue weighted by Crippen LogP contribution is 2.33. The van der Waals surface area contributed by atoms with E-state index in [4.69, 9.17) is 0 Å². The van der Waals surface area contributed by atoms with Gasteiger partial charge in [0.1, 0.15) is 11.6 Å². The average Bonchev–Trinajstić information content (AvgIpc) is 2.60. The molecular formula is C11H7BrF4N2. The smallest absolute Gasteiger partial charge is 0.333 e. The quantitative estimate of drug-likeness (QED) is 0.725. The number of benzene rings is 1. The monoisotopic (exact) mass is 322 g/mol. The Morgan fingerprint density at radius 3 is 2.44 bits per heavy atom. The first-order chi connectivity index (χ1) is 8.29. The van der Waals surface area contributed by atoms with Crippen LogP contribution in [0.15, 0.2) is 28.9 Å². The number of halogens is 5. The highest BCUT2D eigenvalue weighted by atomic mass is 79.9. The lowest BCUT2D eigenvalue weighted by atomic mass is 10.2. The maximum absolute atomic E-state index is 12.9. The van der Waals surface area contributed by atoms with E-state index in [0.29, 0.717) is 10.0 Å². The second-order valence-corrected chi connectivity index (χ2v) is 4.54. The van der Waals surface area contributed by atoms with Crippen LogP contribution in [0.4, 0.5) is 17.6 Å². The first-order valence-corrected chi connectivity index (χ1v) is 5.64. The topological polar surface area (TPSA) is 17.8 Å². The third-order valence-corrected chi connectivity index (χ3v) is 2.99. The standard InChI is InChI=1S/C11H7BrF4N2/c1-18-5-9(11(14,15)16)17-10(18)7-3-2-6(13)4-8(7)12/h2-5H,1H3. The van der Waals surface area contributed by atoms with E-state index in [1.165, 1.54) is 29.8 Å². The Morgan fingerprint density at radius 1 is 1.28 bits per heavy atom. The molecule has 0 radical (unpaired) electrons. The summed E-state index contributed by atoms with van der Waals surface area (Å²) >= 11 is 3.10. The molecule has 2 rings (SSSR count). The van der Waals surface area contributed by atoms with Crippen molar-refractivity contribution in [3.8, 4) is 11.4 Å². The number of rotatable bonds is 1. The zero-order chi connectivity index (χ0) is 13.5. The molecule has 1 heterocycles. The summed E-state index contributed by atoms with van der Waals surface area (Å²) < 4.78 is 52.1. The summed E-state index contributed by atoms with van der Waals surface area (Å²) in [6.45, 7) is 0. The van der Waals surface area contributed by atoms with Crippen LogP contribution in [0.5, 0.6) is 0 Å². The minimum absolute atomic E-state index is 0.120. The van der Waals surface area contributed by atoms with Gasteiger partial charge < -0.3 is 4.57 Å². The fraction of sp³-hybridized carbons (Fsp3) is 0.182. The Morgan fingerprint density at radius 2 is 1.94 bits per heavy atom. The van der Waals surface area contributed by atoms with Gasteiger partial charge in [-0.2, -0.15) is 13.2 Å². The van der Waals surface area contributed by atoms with Crippen molar-refractivity contribution in [2.24, 2.45) is 7.05 Å². The molecule has 0 saturated heterocycles. The van der Waals surface area contributed by atoms with E-state index in [9.17, 15) is 17.6 Å². The van der Waals surface area contributed by atoms with E-state index < -0.39 is 17.7 Å². The van der Waals surface area contributed by atoms with Crippen molar-refractivity contribution in [1.29, 1.82) is 0 Å². The summed E-state index contributed by atoms with van der Waals surface area (Å²) in [6, 6.07) is 3.72. The van der Waals surface area contributed by atoms with Gasteiger partial charge in [0.05, 0.1) is 0 Å². The molecule has 18 heavy (non-hydrogen) atoms. The van der Waals surface area contributed by atoms with E-state index in [1.54, 1.807) is 0 Å². The first kappa shape index (κ1) is 13.1. The summed E-state index contributed by atoms with van der Waals surface area (Å²) in [7, 11) is 1.45. The Bertz CT molecular complexity index is 589. The number of aromatic nitrogens is 2. The van der Waals surface area contributed by atoms with Crippen molar-refractivity contribution in [2.75, 3.05) is 0 Å². The molecule has 0 aliphatic rings. The van der Waals surface area contributed by atoms with E-state index in [2.05, 4.69) is 20.9 Å². The van der Waals surface area contributed by atoms with Gasteiger partial charge in [0, 0.05) is 23.3 Å². The Hall–Kier alpha value is -1.37. The van der Waals surface area contributed by atoms with Crippen molar-refractivity contribution in [2.45, 2.75) is 6.18 Å². The van der Waals surface area contributed by atoms with Crippen molar-refractivity contribution in [1.82, 2.24) is 9.55 Å². The van der Waals surface area contributed by atoms with Crippen molar-refractivity contribution in [3.63, 3.8) is 0 Å². The normalized spacial score (nSPS) is 11.9. The van der Waals surface area contributed by atoms with E-state index in [0.717, 1.165) is 6.20 Å². The van der Waals surface area contributed by atoms with Gasteiger partial charge in [-0.05, 0) is 34.1 Å². The predicted octanol–water partition coefficient (Wildman–Crippen LogP) is 4.01. The second kappa shape index (κ2) is 4.38. The molecule has 0 atom stereocenters. The molecule has 0 amide bonds. The minimum Gasteiger partial charge on any atom is -0.333 e. The molecule has 1 aromatic heterocycles. The summed E-state index contributed by atoms with van der Waals surface area (Å²) in [6.07, 6.45) is -3.60. The van der Waals surface area contributed by atoms with Gasteiger partial charge in [-0.3, -0.25) is 0 Å². The van der Waals surface area contributed by atoms with Crippen LogP contribution < -0.4 is 0 Å². The van der Waals surface area contributed by atoms with Crippen molar-refractivity contribution in [3.05, 3.63) is 40.4 Å². The van der Waals surface area contributed by atoms with Crippen LogP contribution in [0, 0.1) is 5.82 Å².